The molecular weight excluding hydrogens is 264 g/mol. The van der Waals surface area contributed by atoms with Gasteiger partial charge in [0, 0.05) is 12.8 Å². The fourth-order valence-corrected chi connectivity index (χ4v) is 1.30. The van der Waals surface area contributed by atoms with Crippen molar-refractivity contribution in [3.63, 3.8) is 0 Å². The molecule has 0 N–H and O–H groups in total. The van der Waals surface area contributed by atoms with Crippen LogP contribution >= 0.6 is 15.9 Å². The quantitative estimate of drug-likeness (QED) is 0.571. The van der Waals surface area contributed by atoms with E-state index in [-0.39, 0.29) is 18.0 Å². The van der Waals surface area contributed by atoms with Gasteiger partial charge in [0.15, 0.2) is 0 Å². The summed E-state index contributed by atoms with van der Waals surface area (Å²) in [5.41, 5.74) is 0. The Labute approximate surface area is 97.4 Å². The maximum Gasteiger partial charge on any atom is 0.322 e. The van der Waals surface area contributed by atoms with E-state index in [0.29, 0.717) is 25.9 Å². The van der Waals surface area contributed by atoms with Crippen LogP contribution in [0.25, 0.3) is 0 Å². The van der Waals surface area contributed by atoms with Gasteiger partial charge >= 0.3 is 11.9 Å². The molecule has 1 rings (SSSR count). The molecule has 0 aromatic carbocycles. The average molecular weight is 279 g/mol. The van der Waals surface area contributed by atoms with Crippen LogP contribution in [-0.4, -0.2) is 29.0 Å². The van der Waals surface area contributed by atoms with E-state index in [9.17, 15) is 9.59 Å². The normalized spacial score (nSPS) is 22.9. The number of esters is 2. The highest BCUT2D eigenvalue weighted by Gasteiger charge is 2.29. The van der Waals surface area contributed by atoms with Crippen LogP contribution in [0.2, 0.25) is 0 Å². The monoisotopic (exact) mass is 278 g/mol. The van der Waals surface area contributed by atoms with Crippen LogP contribution in [-0.2, 0) is 19.1 Å². The van der Waals surface area contributed by atoms with Crippen molar-refractivity contribution in [2.45, 2.75) is 43.5 Å². The zero-order valence-electron chi connectivity index (χ0n) is 8.92. The molecule has 86 valence electrons. The molecule has 0 amide bonds. The number of rotatable bonds is 2. The highest BCUT2D eigenvalue weighted by atomic mass is 79.9. The number of carbonyl (C=O) groups excluding carboxylic acids is 2. The molecule has 0 saturated carbocycles. The first kappa shape index (κ1) is 12.5. The molecule has 1 fully saturated rings. The van der Waals surface area contributed by atoms with Crippen molar-refractivity contribution >= 4 is 27.9 Å². The fourth-order valence-electron chi connectivity index (χ4n) is 1.21. The first-order chi connectivity index (χ1) is 6.89. The summed E-state index contributed by atoms with van der Waals surface area (Å²) in [6.45, 7) is 3.79. The molecule has 0 aromatic heterocycles. The van der Waals surface area contributed by atoms with Crippen LogP contribution in [0.15, 0.2) is 0 Å². The molecule has 1 heterocycles. The Morgan fingerprint density at radius 2 is 2.20 bits per heavy atom. The second kappa shape index (κ2) is 4.96. The molecular formula is C10H15BrO4. The number of hydrogen-bond acceptors (Lipinski definition) is 4. The van der Waals surface area contributed by atoms with Gasteiger partial charge in [0.1, 0.15) is 10.4 Å². The van der Waals surface area contributed by atoms with Crippen molar-refractivity contribution in [1.29, 1.82) is 0 Å². The zero-order chi connectivity index (χ0) is 11.5. The van der Waals surface area contributed by atoms with Gasteiger partial charge in [-0.1, -0.05) is 15.9 Å². The summed E-state index contributed by atoms with van der Waals surface area (Å²) in [5, 5.41) is 0. The third kappa shape index (κ3) is 4.20. The first-order valence-electron chi connectivity index (χ1n) is 4.95. The summed E-state index contributed by atoms with van der Waals surface area (Å²) in [5.74, 6) is -0.520. The summed E-state index contributed by atoms with van der Waals surface area (Å²) < 4.78 is 9.45. The standard InChI is InChI=1S/C10H15BrO4/c1-10(2,11)9(13)15-7-3-4-8(12)14-6-5-7/h7H,3-6H2,1-2H3. The Morgan fingerprint density at radius 3 is 2.80 bits per heavy atom. The molecule has 0 aliphatic carbocycles. The van der Waals surface area contributed by atoms with Crippen LogP contribution in [0.4, 0.5) is 0 Å². The van der Waals surface area contributed by atoms with Crippen LogP contribution in [0.1, 0.15) is 33.1 Å². The summed E-state index contributed by atoms with van der Waals surface area (Å²) in [6, 6.07) is 0. The summed E-state index contributed by atoms with van der Waals surface area (Å²) in [4.78, 5) is 22.5. The van der Waals surface area contributed by atoms with E-state index in [2.05, 4.69) is 15.9 Å². The van der Waals surface area contributed by atoms with Gasteiger partial charge in [0.2, 0.25) is 0 Å². The molecule has 1 aliphatic heterocycles. The van der Waals surface area contributed by atoms with Crippen molar-refractivity contribution in [2.24, 2.45) is 0 Å². The summed E-state index contributed by atoms with van der Waals surface area (Å²) >= 11 is 3.23. The summed E-state index contributed by atoms with van der Waals surface area (Å²) in [7, 11) is 0. The van der Waals surface area contributed by atoms with E-state index in [0.717, 1.165) is 0 Å². The predicted octanol–water partition coefficient (Wildman–Crippen LogP) is 1.80. The molecule has 1 unspecified atom stereocenters. The SMILES string of the molecule is CC(C)(Br)C(=O)OC1CCOC(=O)CC1. The lowest BCUT2D eigenvalue weighted by Gasteiger charge is -2.20. The van der Waals surface area contributed by atoms with E-state index in [1.54, 1.807) is 13.8 Å². The van der Waals surface area contributed by atoms with Crippen molar-refractivity contribution in [3.05, 3.63) is 0 Å². The van der Waals surface area contributed by atoms with Gasteiger partial charge in [0.05, 0.1) is 6.61 Å². The van der Waals surface area contributed by atoms with Crippen LogP contribution in [0, 0.1) is 0 Å². The zero-order valence-corrected chi connectivity index (χ0v) is 10.5. The fraction of sp³-hybridized carbons (Fsp3) is 0.800. The lowest BCUT2D eigenvalue weighted by molar-refractivity contribution is -0.151. The molecule has 0 bridgehead atoms. The maximum absolute atomic E-state index is 11.5. The van der Waals surface area contributed by atoms with Crippen LogP contribution in [0.3, 0.4) is 0 Å². The topological polar surface area (TPSA) is 52.6 Å². The smallest absolute Gasteiger partial charge is 0.322 e. The van der Waals surface area contributed by atoms with Gasteiger partial charge in [0.25, 0.3) is 0 Å². The Hall–Kier alpha value is -0.580. The second-order valence-corrected chi connectivity index (χ2v) is 6.03. The number of carbonyl (C=O) groups is 2. The molecule has 15 heavy (non-hydrogen) atoms. The highest BCUT2D eigenvalue weighted by molar-refractivity contribution is 9.10. The third-order valence-electron chi connectivity index (χ3n) is 2.13. The molecule has 1 aliphatic rings. The minimum Gasteiger partial charge on any atom is -0.466 e. The maximum atomic E-state index is 11.5. The Balaban J connectivity index is 2.45. The molecule has 1 saturated heterocycles. The van der Waals surface area contributed by atoms with Crippen molar-refractivity contribution in [3.8, 4) is 0 Å². The molecule has 1 atom stereocenters. The summed E-state index contributed by atoms with van der Waals surface area (Å²) in [6.07, 6.45) is 1.25. The average Bonchev–Trinajstić information content (AvgIpc) is 2.29. The number of alkyl halides is 1. The largest absolute Gasteiger partial charge is 0.466 e. The van der Waals surface area contributed by atoms with Crippen molar-refractivity contribution < 1.29 is 19.1 Å². The third-order valence-corrected chi connectivity index (χ3v) is 2.46. The molecule has 0 spiro atoms. The van der Waals surface area contributed by atoms with Crippen LogP contribution in [0.5, 0.6) is 0 Å². The van der Waals surface area contributed by atoms with Gasteiger partial charge in [-0.15, -0.1) is 0 Å². The number of cyclic esters (lactones) is 1. The van der Waals surface area contributed by atoms with E-state index in [1.165, 1.54) is 0 Å². The van der Waals surface area contributed by atoms with Crippen molar-refractivity contribution in [1.82, 2.24) is 0 Å². The van der Waals surface area contributed by atoms with Gasteiger partial charge in [-0.3, -0.25) is 9.59 Å². The van der Waals surface area contributed by atoms with Gasteiger partial charge in [-0.2, -0.15) is 0 Å². The van der Waals surface area contributed by atoms with E-state index in [1.807, 2.05) is 0 Å². The van der Waals surface area contributed by atoms with E-state index < -0.39 is 4.32 Å². The molecule has 4 nitrogen and oxygen atoms in total. The number of hydrogen-bond donors (Lipinski definition) is 0. The van der Waals surface area contributed by atoms with Gasteiger partial charge in [-0.05, 0) is 20.3 Å². The Kier molecular flexibility index (Phi) is 4.13. The van der Waals surface area contributed by atoms with Gasteiger partial charge < -0.3 is 9.47 Å². The molecule has 0 aromatic rings. The Morgan fingerprint density at radius 1 is 1.53 bits per heavy atom. The molecule has 5 heteroatoms. The number of ether oxygens (including phenoxy) is 2. The van der Waals surface area contributed by atoms with Gasteiger partial charge in [-0.25, -0.2) is 0 Å². The van der Waals surface area contributed by atoms with Crippen molar-refractivity contribution in [2.75, 3.05) is 6.61 Å². The highest BCUT2D eigenvalue weighted by Crippen LogP contribution is 2.21. The predicted molar refractivity (Wildman–Crippen MR) is 57.7 cm³/mol. The lowest BCUT2D eigenvalue weighted by Crippen LogP contribution is -2.31. The first-order valence-corrected chi connectivity index (χ1v) is 5.74. The van der Waals surface area contributed by atoms with Crippen LogP contribution < -0.4 is 0 Å². The molecule has 0 radical (unpaired) electrons. The van der Waals surface area contributed by atoms with E-state index >= 15 is 0 Å². The number of halogens is 1. The van der Waals surface area contributed by atoms with E-state index in [4.69, 9.17) is 9.47 Å². The minimum atomic E-state index is -0.676. The minimum absolute atomic E-state index is 0.208. The Bertz CT molecular complexity index is 257. The second-order valence-electron chi connectivity index (χ2n) is 4.05. The lowest BCUT2D eigenvalue weighted by atomic mass is 10.1.